The molecule has 0 radical (unpaired) electrons. The van der Waals surface area contributed by atoms with Crippen molar-refractivity contribution < 1.29 is 13.2 Å². The Morgan fingerprint density at radius 1 is 0.929 bits per heavy atom. The maximum Gasteiger partial charge on any atom is 0.242 e. The van der Waals surface area contributed by atoms with Gasteiger partial charge in [-0.2, -0.15) is 4.72 Å². The molecule has 3 rings (SSSR count). The molecule has 1 amide bonds. The first-order valence-corrected chi connectivity index (χ1v) is 11.2. The summed E-state index contributed by atoms with van der Waals surface area (Å²) >= 11 is 0. The Bertz CT molecular complexity index is 877. The summed E-state index contributed by atoms with van der Waals surface area (Å²) in [5.41, 5.74) is 1.66. The first-order valence-electron chi connectivity index (χ1n) is 9.69. The molecule has 1 aliphatic rings. The number of carbonyl (C=O) groups is 1. The molecule has 6 nitrogen and oxygen atoms in total. The monoisotopic (exact) mass is 401 g/mol. The van der Waals surface area contributed by atoms with Gasteiger partial charge in [-0.1, -0.05) is 37.5 Å². The van der Waals surface area contributed by atoms with Gasteiger partial charge >= 0.3 is 0 Å². The Hall–Kier alpha value is -2.38. The Morgan fingerprint density at radius 3 is 2.18 bits per heavy atom. The maximum atomic E-state index is 12.4. The number of sulfonamides is 1. The molecule has 0 bridgehead atoms. The Balaban J connectivity index is 1.55. The molecule has 0 heterocycles. The Kier molecular flexibility index (Phi) is 6.70. The highest BCUT2D eigenvalue weighted by Gasteiger charge is 2.22. The first kappa shape index (κ1) is 20.4. The van der Waals surface area contributed by atoms with Crippen molar-refractivity contribution in [3.63, 3.8) is 0 Å². The summed E-state index contributed by atoms with van der Waals surface area (Å²) in [5, 5.41) is 6.28. The molecule has 1 saturated carbocycles. The van der Waals surface area contributed by atoms with E-state index in [1.807, 2.05) is 24.3 Å². The Morgan fingerprint density at radius 2 is 1.54 bits per heavy atom. The second-order valence-electron chi connectivity index (χ2n) is 7.20. The molecule has 1 aliphatic carbocycles. The molecule has 0 aromatic heterocycles. The molecule has 3 N–H and O–H groups in total. The lowest BCUT2D eigenvalue weighted by molar-refractivity contribution is -0.117. The van der Waals surface area contributed by atoms with Gasteiger partial charge in [0.15, 0.2) is 0 Å². The van der Waals surface area contributed by atoms with Crippen molar-refractivity contribution >= 4 is 27.3 Å². The van der Waals surface area contributed by atoms with Crippen LogP contribution in [0, 0.1) is 0 Å². The second kappa shape index (κ2) is 9.21. The number of hydrogen-bond donors (Lipinski definition) is 3. The van der Waals surface area contributed by atoms with Gasteiger partial charge < -0.3 is 10.6 Å². The lowest BCUT2D eigenvalue weighted by atomic mass is 9.95. The quantitative estimate of drug-likeness (QED) is 0.660. The standard InChI is InChI=1S/C21H27N3O3S/c1-16(24-28(26,27)20-10-6-3-7-11-20)21(25)23-19-14-12-18(13-15-19)22-17-8-4-2-5-9-17/h3,6-7,10-17,22,24H,2,4-5,8-9H2,1H3,(H,23,25)/t16-/m0/s1. The zero-order chi connectivity index (χ0) is 20.0. The predicted molar refractivity (Wildman–Crippen MR) is 112 cm³/mol. The topological polar surface area (TPSA) is 87.3 Å². The average Bonchev–Trinajstić information content (AvgIpc) is 2.70. The highest BCUT2D eigenvalue weighted by Crippen LogP contribution is 2.22. The van der Waals surface area contributed by atoms with Gasteiger partial charge in [-0.3, -0.25) is 4.79 Å². The van der Waals surface area contributed by atoms with Gasteiger partial charge in [-0.05, 0) is 56.2 Å². The van der Waals surface area contributed by atoms with Crippen molar-refractivity contribution in [1.82, 2.24) is 4.72 Å². The number of nitrogens with one attached hydrogen (secondary N) is 3. The van der Waals surface area contributed by atoms with Crippen molar-refractivity contribution in [2.45, 2.75) is 56.0 Å². The summed E-state index contributed by atoms with van der Waals surface area (Å²) < 4.78 is 27.1. The summed E-state index contributed by atoms with van der Waals surface area (Å²) in [6.45, 7) is 1.52. The third-order valence-electron chi connectivity index (χ3n) is 4.91. The fraction of sp³-hybridized carbons (Fsp3) is 0.381. The van der Waals surface area contributed by atoms with Crippen LogP contribution in [-0.4, -0.2) is 26.4 Å². The summed E-state index contributed by atoms with van der Waals surface area (Å²) in [4.78, 5) is 12.5. The van der Waals surface area contributed by atoms with Crippen molar-refractivity contribution in [3.05, 3.63) is 54.6 Å². The van der Waals surface area contributed by atoms with Gasteiger partial charge in [0.25, 0.3) is 0 Å². The van der Waals surface area contributed by atoms with Gasteiger partial charge in [-0.25, -0.2) is 8.42 Å². The van der Waals surface area contributed by atoms with Gasteiger partial charge in [0.1, 0.15) is 0 Å². The number of benzene rings is 2. The van der Waals surface area contributed by atoms with E-state index in [0.717, 1.165) is 5.69 Å². The number of anilines is 2. The van der Waals surface area contributed by atoms with Crippen LogP contribution in [0.1, 0.15) is 39.0 Å². The van der Waals surface area contributed by atoms with E-state index >= 15 is 0 Å². The third-order valence-corrected chi connectivity index (χ3v) is 6.46. The first-order chi connectivity index (χ1) is 13.4. The van der Waals surface area contributed by atoms with Crippen LogP contribution >= 0.6 is 0 Å². The molecular formula is C21H27N3O3S. The van der Waals surface area contributed by atoms with Gasteiger partial charge in [-0.15, -0.1) is 0 Å². The molecule has 0 saturated heterocycles. The Labute approximate surface area is 166 Å². The predicted octanol–water partition coefficient (Wildman–Crippen LogP) is 3.74. The molecule has 28 heavy (non-hydrogen) atoms. The van der Waals surface area contributed by atoms with E-state index in [2.05, 4.69) is 15.4 Å². The van der Waals surface area contributed by atoms with E-state index in [0.29, 0.717) is 11.7 Å². The van der Waals surface area contributed by atoms with Gasteiger partial charge in [0, 0.05) is 17.4 Å². The summed E-state index contributed by atoms with van der Waals surface area (Å²) in [7, 11) is -3.74. The number of hydrogen-bond acceptors (Lipinski definition) is 4. The van der Waals surface area contributed by atoms with Crippen molar-refractivity contribution in [3.8, 4) is 0 Å². The van der Waals surface area contributed by atoms with Crippen LogP contribution in [0.25, 0.3) is 0 Å². The molecule has 150 valence electrons. The largest absolute Gasteiger partial charge is 0.382 e. The smallest absolute Gasteiger partial charge is 0.242 e. The van der Waals surface area contributed by atoms with Crippen LogP contribution in [0.15, 0.2) is 59.5 Å². The van der Waals surface area contributed by atoms with E-state index in [1.54, 1.807) is 18.2 Å². The normalized spacial score (nSPS) is 16.3. The average molecular weight is 402 g/mol. The van der Waals surface area contributed by atoms with Crippen LogP contribution < -0.4 is 15.4 Å². The van der Waals surface area contributed by atoms with E-state index < -0.39 is 22.0 Å². The fourth-order valence-corrected chi connectivity index (χ4v) is 4.56. The van der Waals surface area contributed by atoms with Crippen molar-refractivity contribution in [2.24, 2.45) is 0 Å². The molecule has 0 aliphatic heterocycles. The number of amides is 1. The molecule has 1 fully saturated rings. The van der Waals surface area contributed by atoms with Crippen LogP contribution in [-0.2, 0) is 14.8 Å². The zero-order valence-corrected chi connectivity index (χ0v) is 16.8. The summed E-state index contributed by atoms with van der Waals surface area (Å²) in [5.74, 6) is -0.410. The minimum Gasteiger partial charge on any atom is -0.382 e. The van der Waals surface area contributed by atoms with Crippen molar-refractivity contribution in [2.75, 3.05) is 10.6 Å². The molecule has 7 heteroatoms. The zero-order valence-electron chi connectivity index (χ0n) is 16.0. The molecule has 2 aromatic carbocycles. The van der Waals surface area contributed by atoms with E-state index in [-0.39, 0.29) is 4.90 Å². The van der Waals surface area contributed by atoms with Crippen LogP contribution in [0.4, 0.5) is 11.4 Å². The molecule has 0 spiro atoms. The van der Waals surface area contributed by atoms with E-state index in [1.165, 1.54) is 51.2 Å². The lowest BCUT2D eigenvalue weighted by Crippen LogP contribution is -2.41. The molecule has 1 atom stereocenters. The molecule has 0 unspecified atom stereocenters. The van der Waals surface area contributed by atoms with E-state index in [4.69, 9.17) is 0 Å². The minimum absolute atomic E-state index is 0.132. The minimum atomic E-state index is -3.74. The number of rotatable bonds is 7. The fourth-order valence-electron chi connectivity index (χ4n) is 3.34. The highest BCUT2D eigenvalue weighted by atomic mass is 32.2. The molecular weight excluding hydrogens is 374 g/mol. The molecule has 2 aromatic rings. The lowest BCUT2D eigenvalue weighted by Gasteiger charge is -2.24. The summed E-state index contributed by atoms with van der Waals surface area (Å²) in [6.07, 6.45) is 6.23. The van der Waals surface area contributed by atoms with E-state index in [9.17, 15) is 13.2 Å². The van der Waals surface area contributed by atoms with Crippen LogP contribution in [0.2, 0.25) is 0 Å². The van der Waals surface area contributed by atoms with Crippen LogP contribution in [0.3, 0.4) is 0 Å². The van der Waals surface area contributed by atoms with Crippen molar-refractivity contribution in [1.29, 1.82) is 0 Å². The summed E-state index contributed by atoms with van der Waals surface area (Å²) in [6, 6.07) is 15.1. The SMILES string of the molecule is C[C@H](NS(=O)(=O)c1ccccc1)C(=O)Nc1ccc(NC2CCCCC2)cc1. The second-order valence-corrected chi connectivity index (χ2v) is 8.92. The highest BCUT2D eigenvalue weighted by molar-refractivity contribution is 7.89. The third kappa shape index (κ3) is 5.56. The number of carbonyl (C=O) groups excluding carboxylic acids is 1. The van der Waals surface area contributed by atoms with Gasteiger partial charge in [0.2, 0.25) is 15.9 Å². The maximum absolute atomic E-state index is 12.4. The van der Waals surface area contributed by atoms with Gasteiger partial charge in [0.05, 0.1) is 10.9 Å². The van der Waals surface area contributed by atoms with Crippen LogP contribution in [0.5, 0.6) is 0 Å².